The van der Waals surface area contributed by atoms with Crippen LogP contribution in [0.25, 0.3) is 0 Å². The molecule has 0 bridgehead atoms. The third kappa shape index (κ3) is 6.03. The van der Waals surface area contributed by atoms with Crippen LogP contribution in [0.1, 0.15) is 49.7 Å². The van der Waals surface area contributed by atoms with Crippen LogP contribution in [0.2, 0.25) is 0 Å². The van der Waals surface area contributed by atoms with E-state index in [-0.39, 0.29) is 24.1 Å². The van der Waals surface area contributed by atoms with E-state index in [1.54, 1.807) is 6.92 Å². The summed E-state index contributed by atoms with van der Waals surface area (Å²) in [6, 6.07) is 14.2. The van der Waals surface area contributed by atoms with E-state index >= 15 is 0 Å². The minimum absolute atomic E-state index is 0.0829. The van der Waals surface area contributed by atoms with Crippen LogP contribution in [-0.4, -0.2) is 69.0 Å². The third-order valence-corrected chi connectivity index (χ3v) is 9.25. The predicted molar refractivity (Wildman–Crippen MR) is 153 cm³/mol. The van der Waals surface area contributed by atoms with Gasteiger partial charge in [0.1, 0.15) is 5.41 Å². The molecule has 2 fully saturated rings. The molecule has 2 aliphatic rings. The Hall–Kier alpha value is -4.14. The number of hydrogen-bond donors (Lipinski definition) is 4. The Morgan fingerprint density at radius 2 is 1.84 bits per heavy atom. The maximum absolute atomic E-state index is 13.7. The molecule has 2 aromatic carbocycles. The van der Waals surface area contributed by atoms with Crippen molar-refractivity contribution in [3.05, 3.63) is 86.0 Å². The van der Waals surface area contributed by atoms with Crippen LogP contribution in [0.3, 0.4) is 0 Å². The van der Waals surface area contributed by atoms with Crippen molar-refractivity contribution < 1.29 is 34.6 Å². The number of benzene rings is 2. The van der Waals surface area contributed by atoms with E-state index in [1.165, 1.54) is 24.3 Å². The summed E-state index contributed by atoms with van der Waals surface area (Å²) >= 11 is 0. The molecule has 2 saturated heterocycles. The molecule has 0 aromatic heterocycles. The first-order valence-corrected chi connectivity index (χ1v) is 14.2. The van der Waals surface area contributed by atoms with Gasteiger partial charge >= 0.3 is 11.9 Å². The standard InChI is InChI=1S/C29H37N5O9/c1-19-28(26(35)36,13-7-15-43-34(41)42)24(21-10-5-12-23(16-21)33(39)40)29(27(37)38,25(30)31-19)22-11-6-14-32(18-22)17-20-8-3-2-4-9-20/h2-5,8-10,12,16,19,22,24-25,31H,6-7,11,13-15,17-18,30H2,1H3,(H,35,36)(H,37,38). The van der Waals surface area contributed by atoms with Gasteiger partial charge in [-0.25, -0.2) is 0 Å². The van der Waals surface area contributed by atoms with Crippen molar-refractivity contribution in [1.29, 1.82) is 0 Å². The Balaban J connectivity index is 1.90. The van der Waals surface area contributed by atoms with E-state index in [9.17, 15) is 40.0 Å². The molecule has 6 atom stereocenters. The molecule has 2 heterocycles. The maximum atomic E-state index is 13.7. The van der Waals surface area contributed by atoms with Gasteiger partial charge in [0.15, 0.2) is 0 Å². The Morgan fingerprint density at radius 3 is 2.47 bits per heavy atom. The first-order chi connectivity index (χ1) is 20.4. The molecular formula is C29H37N5O9. The molecule has 0 amide bonds. The van der Waals surface area contributed by atoms with E-state index in [0.29, 0.717) is 32.5 Å². The average molecular weight is 600 g/mol. The molecule has 6 unspecified atom stereocenters. The van der Waals surface area contributed by atoms with Gasteiger partial charge in [-0.2, -0.15) is 0 Å². The number of non-ortho nitro benzene ring substituents is 1. The average Bonchev–Trinajstić information content (AvgIpc) is 2.96. The first kappa shape index (κ1) is 31.8. The monoisotopic (exact) mass is 599 g/mol. The normalized spacial score (nSPS) is 29.4. The van der Waals surface area contributed by atoms with Crippen molar-refractivity contribution in [2.45, 2.75) is 57.3 Å². The summed E-state index contributed by atoms with van der Waals surface area (Å²) < 4.78 is 0. The van der Waals surface area contributed by atoms with E-state index in [1.807, 2.05) is 30.3 Å². The summed E-state index contributed by atoms with van der Waals surface area (Å²) in [7, 11) is 0. The lowest BCUT2D eigenvalue weighted by Gasteiger charge is -2.60. The van der Waals surface area contributed by atoms with E-state index in [4.69, 9.17) is 5.73 Å². The molecule has 2 aromatic rings. The Kier molecular flexibility index (Phi) is 9.62. The van der Waals surface area contributed by atoms with Crippen LogP contribution in [-0.2, 0) is 21.0 Å². The fraction of sp³-hybridized carbons (Fsp3) is 0.517. The van der Waals surface area contributed by atoms with Crippen LogP contribution in [0.4, 0.5) is 5.69 Å². The second-order valence-electron chi connectivity index (χ2n) is 11.5. The molecule has 0 aliphatic carbocycles. The van der Waals surface area contributed by atoms with E-state index < -0.39 is 63.4 Å². The van der Waals surface area contributed by atoms with Gasteiger partial charge < -0.3 is 20.8 Å². The summed E-state index contributed by atoms with van der Waals surface area (Å²) in [5.74, 6) is -4.62. The number of nitrogens with zero attached hydrogens (tertiary/aromatic N) is 3. The SMILES string of the molecule is CC1NC(N)C(C(=O)O)(C2CCCN(Cc3ccccc3)C2)C(c2cccc([N+](=O)[O-])c2)C1(CCCO[N+](=O)[O-])C(=O)O. The van der Waals surface area contributed by atoms with Gasteiger partial charge in [-0.05, 0) is 56.2 Å². The second-order valence-corrected chi connectivity index (χ2v) is 11.5. The topological polar surface area (TPSA) is 211 Å². The molecule has 0 radical (unpaired) electrons. The molecule has 14 nitrogen and oxygen atoms in total. The zero-order valence-corrected chi connectivity index (χ0v) is 23.8. The minimum Gasteiger partial charge on any atom is -0.481 e. The van der Waals surface area contributed by atoms with Crippen molar-refractivity contribution in [1.82, 2.24) is 10.2 Å². The highest BCUT2D eigenvalue weighted by Gasteiger charge is 2.69. The summed E-state index contributed by atoms with van der Waals surface area (Å²) in [4.78, 5) is 55.7. The van der Waals surface area contributed by atoms with Crippen molar-refractivity contribution in [2.24, 2.45) is 22.5 Å². The van der Waals surface area contributed by atoms with Crippen LogP contribution < -0.4 is 11.1 Å². The fourth-order valence-corrected chi connectivity index (χ4v) is 7.43. The molecule has 232 valence electrons. The molecule has 4 rings (SSSR count). The highest BCUT2D eigenvalue weighted by Crippen LogP contribution is 2.61. The summed E-state index contributed by atoms with van der Waals surface area (Å²) in [6.07, 6.45) is -0.436. The summed E-state index contributed by atoms with van der Waals surface area (Å²) in [6.45, 7) is 2.73. The summed E-state index contributed by atoms with van der Waals surface area (Å²) in [5, 5.41) is 46.8. The van der Waals surface area contributed by atoms with Gasteiger partial charge in [0.05, 0.1) is 23.1 Å². The number of rotatable bonds is 12. The van der Waals surface area contributed by atoms with Gasteiger partial charge in [-0.15, -0.1) is 10.1 Å². The van der Waals surface area contributed by atoms with Gasteiger partial charge in [0, 0.05) is 37.2 Å². The zero-order valence-electron chi connectivity index (χ0n) is 23.8. The molecule has 0 spiro atoms. The number of aliphatic carboxylic acids is 2. The smallest absolute Gasteiger partial charge is 0.313 e. The highest BCUT2D eigenvalue weighted by molar-refractivity contribution is 5.84. The van der Waals surface area contributed by atoms with Crippen LogP contribution in [0, 0.1) is 37.0 Å². The van der Waals surface area contributed by atoms with Crippen LogP contribution in [0.5, 0.6) is 0 Å². The lowest BCUT2D eigenvalue weighted by Crippen LogP contribution is -2.75. The summed E-state index contributed by atoms with van der Waals surface area (Å²) in [5.41, 5.74) is 3.82. The maximum Gasteiger partial charge on any atom is 0.313 e. The third-order valence-electron chi connectivity index (χ3n) is 9.25. The van der Waals surface area contributed by atoms with E-state index in [0.717, 1.165) is 5.56 Å². The number of nitrogens with two attached hydrogens (primary N) is 1. The predicted octanol–water partition coefficient (Wildman–Crippen LogP) is 3.00. The number of piperidine rings is 2. The molecule has 43 heavy (non-hydrogen) atoms. The first-order valence-electron chi connectivity index (χ1n) is 14.2. The van der Waals surface area contributed by atoms with E-state index in [2.05, 4.69) is 15.1 Å². The van der Waals surface area contributed by atoms with Gasteiger partial charge in [-0.3, -0.25) is 29.9 Å². The number of carboxylic acid groups (broad SMARTS) is 2. The number of carbonyl (C=O) groups is 2. The number of nitro groups is 1. The molecular weight excluding hydrogens is 562 g/mol. The molecule has 5 N–H and O–H groups in total. The van der Waals surface area contributed by atoms with Crippen LogP contribution >= 0.6 is 0 Å². The lowest BCUT2D eigenvalue weighted by molar-refractivity contribution is -0.757. The minimum atomic E-state index is -1.92. The Labute approximate surface area is 248 Å². The Bertz CT molecular complexity index is 1340. The quantitative estimate of drug-likeness (QED) is 0.157. The van der Waals surface area contributed by atoms with Crippen molar-refractivity contribution >= 4 is 17.6 Å². The van der Waals surface area contributed by atoms with Gasteiger partial charge in [-0.1, -0.05) is 42.5 Å². The van der Waals surface area contributed by atoms with Crippen molar-refractivity contribution in [3.8, 4) is 0 Å². The number of nitro benzene ring substituents is 1. The van der Waals surface area contributed by atoms with Gasteiger partial charge in [0.2, 0.25) is 0 Å². The molecule has 2 aliphatic heterocycles. The second kappa shape index (κ2) is 13.0. The van der Waals surface area contributed by atoms with Crippen LogP contribution in [0.15, 0.2) is 54.6 Å². The van der Waals surface area contributed by atoms with Crippen molar-refractivity contribution in [2.75, 3.05) is 19.7 Å². The number of likely N-dealkylation sites (tertiary alicyclic amines) is 1. The Morgan fingerprint density at radius 1 is 1.12 bits per heavy atom. The fourth-order valence-electron chi connectivity index (χ4n) is 7.43. The number of nitrogens with one attached hydrogen (secondary N) is 1. The molecule has 14 heteroatoms. The number of carboxylic acids is 2. The number of hydrogen-bond acceptors (Lipinski definition) is 10. The van der Waals surface area contributed by atoms with Crippen molar-refractivity contribution in [3.63, 3.8) is 0 Å². The lowest BCUT2D eigenvalue weighted by atomic mass is 9.47. The molecule has 0 saturated carbocycles. The largest absolute Gasteiger partial charge is 0.481 e. The van der Waals surface area contributed by atoms with Gasteiger partial charge in [0.25, 0.3) is 10.8 Å². The zero-order chi connectivity index (χ0) is 31.4. The highest BCUT2D eigenvalue weighted by atomic mass is 16.9.